The maximum Gasteiger partial charge on any atom is 0.0207 e. The van der Waals surface area contributed by atoms with Crippen LogP contribution in [0.3, 0.4) is 0 Å². The number of hydrogen-bond acceptors (Lipinski definition) is 1. The summed E-state index contributed by atoms with van der Waals surface area (Å²) >= 11 is 3.68. The Morgan fingerprint density at radius 2 is 1.74 bits per heavy atom. The van der Waals surface area contributed by atoms with Gasteiger partial charge in [0.2, 0.25) is 0 Å². The van der Waals surface area contributed by atoms with Crippen molar-refractivity contribution in [2.24, 2.45) is 5.92 Å². The van der Waals surface area contributed by atoms with Gasteiger partial charge in [0, 0.05) is 10.5 Å². The quantitative estimate of drug-likeness (QED) is 0.827. The second-order valence-electron chi connectivity index (χ2n) is 5.80. The molecule has 0 radical (unpaired) electrons. The molecular formula is C17H26BrN. The van der Waals surface area contributed by atoms with Gasteiger partial charge < -0.3 is 5.32 Å². The monoisotopic (exact) mass is 323 g/mol. The van der Waals surface area contributed by atoms with Crippen LogP contribution in [0.2, 0.25) is 0 Å². The van der Waals surface area contributed by atoms with Gasteiger partial charge in [-0.1, -0.05) is 66.2 Å². The number of likely N-dealkylation sites (N-methyl/N-ethyl adjacent to an activating group) is 1. The third-order valence-electron chi connectivity index (χ3n) is 4.49. The molecule has 1 atom stereocenters. The number of halogens is 1. The first-order valence-electron chi connectivity index (χ1n) is 7.72. The molecule has 2 rings (SSSR count). The first kappa shape index (κ1) is 15.1. The highest BCUT2D eigenvalue weighted by Crippen LogP contribution is 2.28. The molecule has 1 unspecified atom stereocenters. The van der Waals surface area contributed by atoms with Gasteiger partial charge >= 0.3 is 0 Å². The molecule has 1 N–H and O–H groups in total. The van der Waals surface area contributed by atoms with E-state index in [1.54, 1.807) is 0 Å². The van der Waals surface area contributed by atoms with Gasteiger partial charge in [0.05, 0.1) is 0 Å². The summed E-state index contributed by atoms with van der Waals surface area (Å²) in [5, 5.41) is 3.57. The molecule has 19 heavy (non-hydrogen) atoms. The molecule has 2 heteroatoms. The third-order valence-corrected chi connectivity index (χ3v) is 5.26. The minimum Gasteiger partial charge on any atom is -0.316 e. The van der Waals surface area contributed by atoms with E-state index < -0.39 is 0 Å². The van der Waals surface area contributed by atoms with Gasteiger partial charge in [-0.3, -0.25) is 0 Å². The number of rotatable bonds is 4. The van der Waals surface area contributed by atoms with Gasteiger partial charge in [0.15, 0.2) is 0 Å². The predicted octanol–water partition coefficient (Wildman–Crippen LogP) is 4.94. The summed E-state index contributed by atoms with van der Waals surface area (Å²) in [6.07, 6.45) is 11.1. The Bertz CT molecular complexity index is 369. The summed E-state index contributed by atoms with van der Waals surface area (Å²) in [6, 6.07) is 9.26. The Morgan fingerprint density at radius 1 is 1.11 bits per heavy atom. The minimum atomic E-state index is 0.622. The maximum atomic E-state index is 3.68. The maximum absolute atomic E-state index is 3.68. The topological polar surface area (TPSA) is 12.0 Å². The van der Waals surface area contributed by atoms with E-state index in [4.69, 9.17) is 0 Å². The van der Waals surface area contributed by atoms with Crippen LogP contribution in [0.5, 0.6) is 0 Å². The molecule has 0 heterocycles. The Labute approximate surface area is 126 Å². The summed E-state index contributed by atoms with van der Waals surface area (Å²) in [7, 11) is 2.13. The van der Waals surface area contributed by atoms with Crippen molar-refractivity contribution < 1.29 is 0 Å². The summed E-state index contributed by atoms with van der Waals surface area (Å²) in [5.41, 5.74) is 1.43. The van der Waals surface area contributed by atoms with E-state index in [1.807, 2.05) is 0 Å². The molecule has 0 aliphatic heterocycles. The molecule has 1 saturated carbocycles. The third kappa shape index (κ3) is 4.61. The van der Waals surface area contributed by atoms with Gasteiger partial charge in [-0.15, -0.1) is 0 Å². The smallest absolute Gasteiger partial charge is 0.0207 e. The van der Waals surface area contributed by atoms with Crippen molar-refractivity contribution >= 4 is 15.9 Å². The molecule has 106 valence electrons. The molecule has 1 nitrogen and oxygen atoms in total. The number of benzene rings is 1. The highest BCUT2D eigenvalue weighted by Gasteiger charge is 2.21. The molecular weight excluding hydrogens is 298 g/mol. The van der Waals surface area contributed by atoms with E-state index in [0.29, 0.717) is 6.04 Å². The molecule has 0 bridgehead atoms. The molecule has 1 fully saturated rings. The zero-order valence-corrected chi connectivity index (χ0v) is 13.6. The lowest BCUT2D eigenvalue weighted by atomic mass is 9.83. The van der Waals surface area contributed by atoms with E-state index in [9.17, 15) is 0 Å². The normalized spacial score (nSPS) is 19.7. The van der Waals surface area contributed by atoms with Gasteiger partial charge in [0.25, 0.3) is 0 Å². The molecule has 0 amide bonds. The van der Waals surface area contributed by atoms with Crippen LogP contribution < -0.4 is 5.32 Å². The van der Waals surface area contributed by atoms with E-state index in [2.05, 4.69) is 52.6 Å². The second-order valence-corrected chi connectivity index (χ2v) is 6.65. The van der Waals surface area contributed by atoms with Crippen molar-refractivity contribution in [3.63, 3.8) is 0 Å². The summed E-state index contributed by atoms with van der Waals surface area (Å²) in [4.78, 5) is 0. The fourth-order valence-corrected chi connectivity index (χ4v) is 3.74. The number of hydrogen-bond donors (Lipinski definition) is 1. The lowest BCUT2D eigenvalue weighted by molar-refractivity contribution is 0.293. The summed E-state index contributed by atoms with van der Waals surface area (Å²) < 4.78 is 1.25. The first-order chi connectivity index (χ1) is 9.31. The Morgan fingerprint density at radius 3 is 2.37 bits per heavy atom. The zero-order chi connectivity index (χ0) is 13.5. The zero-order valence-electron chi connectivity index (χ0n) is 12.0. The van der Waals surface area contributed by atoms with Gasteiger partial charge in [-0.05, 0) is 43.9 Å². The van der Waals surface area contributed by atoms with Crippen molar-refractivity contribution in [2.45, 2.75) is 57.4 Å². The molecule has 0 saturated heterocycles. The van der Waals surface area contributed by atoms with Crippen molar-refractivity contribution in [2.75, 3.05) is 7.05 Å². The molecule has 1 aromatic rings. The molecule has 0 spiro atoms. The average Bonchev–Trinajstić information content (AvgIpc) is 2.38. The van der Waals surface area contributed by atoms with E-state index in [0.717, 1.165) is 12.3 Å². The van der Waals surface area contributed by atoms with Gasteiger partial charge in [-0.25, -0.2) is 0 Å². The van der Waals surface area contributed by atoms with Crippen molar-refractivity contribution in [3.8, 4) is 0 Å². The lowest BCUT2D eigenvalue weighted by Gasteiger charge is -2.29. The van der Waals surface area contributed by atoms with Crippen LogP contribution in [0.15, 0.2) is 28.7 Å². The van der Waals surface area contributed by atoms with Crippen LogP contribution in [-0.4, -0.2) is 13.1 Å². The average molecular weight is 324 g/mol. The minimum absolute atomic E-state index is 0.622. The molecule has 1 aliphatic rings. The van der Waals surface area contributed by atoms with Crippen LogP contribution in [-0.2, 0) is 6.42 Å². The van der Waals surface area contributed by atoms with Crippen LogP contribution in [0.4, 0.5) is 0 Å². The fraction of sp³-hybridized carbons (Fsp3) is 0.647. The molecule has 1 aliphatic carbocycles. The highest BCUT2D eigenvalue weighted by atomic mass is 79.9. The fourth-order valence-electron chi connectivity index (χ4n) is 3.30. The number of nitrogens with one attached hydrogen (secondary N) is 1. The van der Waals surface area contributed by atoms with Crippen LogP contribution in [0.1, 0.15) is 50.5 Å². The standard InChI is InChI=1S/C17H26BrN/c1-19-17(13-15-11-7-8-12-16(15)18)14-9-5-3-2-4-6-10-14/h7-8,11-12,14,17,19H,2-6,9-10,13H2,1H3. The van der Waals surface area contributed by atoms with E-state index in [-0.39, 0.29) is 0 Å². The molecule has 1 aromatic carbocycles. The first-order valence-corrected chi connectivity index (χ1v) is 8.51. The second kappa shape index (κ2) is 8.06. The summed E-state index contributed by atoms with van der Waals surface area (Å²) in [5.74, 6) is 0.845. The predicted molar refractivity (Wildman–Crippen MR) is 86.5 cm³/mol. The van der Waals surface area contributed by atoms with E-state index in [1.165, 1.54) is 55.0 Å². The van der Waals surface area contributed by atoms with Crippen LogP contribution >= 0.6 is 15.9 Å². The van der Waals surface area contributed by atoms with Crippen molar-refractivity contribution in [1.29, 1.82) is 0 Å². The SMILES string of the molecule is CNC(Cc1ccccc1Br)C1CCCCCCC1. The summed E-state index contributed by atoms with van der Waals surface area (Å²) in [6.45, 7) is 0. The largest absolute Gasteiger partial charge is 0.316 e. The van der Waals surface area contributed by atoms with Crippen molar-refractivity contribution in [1.82, 2.24) is 5.32 Å². The molecule has 0 aromatic heterocycles. The Balaban J connectivity index is 2.00. The van der Waals surface area contributed by atoms with Crippen molar-refractivity contribution in [3.05, 3.63) is 34.3 Å². The van der Waals surface area contributed by atoms with Crippen LogP contribution in [0.25, 0.3) is 0 Å². The van der Waals surface area contributed by atoms with Gasteiger partial charge in [0.1, 0.15) is 0 Å². The Hall–Kier alpha value is -0.340. The van der Waals surface area contributed by atoms with Crippen LogP contribution in [0, 0.1) is 5.92 Å². The van der Waals surface area contributed by atoms with E-state index >= 15 is 0 Å². The Kier molecular flexibility index (Phi) is 6.39. The lowest BCUT2D eigenvalue weighted by Crippen LogP contribution is -2.36. The highest BCUT2D eigenvalue weighted by molar-refractivity contribution is 9.10. The van der Waals surface area contributed by atoms with Gasteiger partial charge in [-0.2, -0.15) is 0 Å².